The Bertz CT molecular complexity index is 961. The van der Waals surface area contributed by atoms with Crippen molar-refractivity contribution in [1.29, 1.82) is 0 Å². The van der Waals surface area contributed by atoms with E-state index in [9.17, 15) is 4.79 Å². The molecule has 4 nitrogen and oxygen atoms in total. The number of amides is 1. The number of methoxy groups -OCH3 is 2. The Labute approximate surface area is 187 Å². The summed E-state index contributed by atoms with van der Waals surface area (Å²) in [5, 5.41) is 5.10. The number of hydrogen-bond acceptors (Lipinski definition) is 5. The Morgan fingerprint density at radius 3 is 2.59 bits per heavy atom. The number of nitrogens with one attached hydrogen (secondary N) is 1. The zero-order chi connectivity index (χ0) is 20.6. The lowest BCUT2D eigenvalue weighted by molar-refractivity contribution is 0.0951. The molecule has 0 saturated carbocycles. The highest BCUT2D eigenvalue weighted by atomic mass is 79.9. The van der Waals surface area contributed by atoms with E-state index in [2.05, 4.69) is 32.7 Å². The van der Waals surface area contributed by atoms with Gasteiger partial charge in [-0.1, -0.05) is 34.1 Å². The lowest BCUT2D eigenvalue weighted by Crippen LogP contribution is -2.26. The number of hydrogen-bond donors (Lipinski definition) is 1. The van der Waals surface area contributed by atoms with E-state index >= 15 is 0 Å². The molecular weight excluding hydrogens is 470 g/mol. The first-order valence-corrected chi connectivity index (χ1v) is 11.7. The Kier molecular flexibility index (Phi) is 8.03. The second kappa shape index (κ2) is 10.7. The summed E-state index contributed by atoms with van der Waals surface area (Å²) in [6, 6.07) is 15.7. The van der Waals surface area contributed by atoms with E-state index in [1.165, 1.54) is 4.88 Å². The Morgan fingerprint density at radius 1 is 1.10 bits per heavy atom. The van der Waals surface area contributed by atoms with Gasteiger partial charge in [0.25, 0.3) is 5.91 Å². The molecule has 0 aliphatic carbocycles. The van der Waals surface area contributed by atoms with E-state index in [1.807, 2.05) is 42.5 Å². The summed E-state index contributed by atoms with van der Waals surface area (Å²) < 4.78 is 11.6. The van der Waals surface area contributed by atoms with Crippen LogP contribution in [0.5, 0.6) is 11.5 Å². The number of ether oxygens (including phenoxy) is 2. The zero-order valence-corrected chi connectivity index (χ0v) is 19.5. The van der Waals surface area contributed by atoms with Crippen LogP contribution >= 0.6 is 39.0 Å². The quantitative estimate of drug-likeness (QED) is 0.384. The summed E-state index contributed by atoms with van der Waals surface area (Å²) in [5.74, 6) is 2.15. The van der Waals surface area contributed by atoms with Gasteiger partial charge in [0.1, 0.15) is 0 Å². The molecule has 0 fully saturated rings. The molecule has 0 spiro atoms. The van der Waals surface area contributed by atoms with E-state index in [-0.39, 0.29) is 5.91 Å². The molecule has 0 aliphatic heterocycles. The van der Waals surface area contributed by atoms with Crippen LogP contribution in [0.2, 0.25) is 0 Å². The smallest absolute Gasteiger partial charge is 0.252 e. The van der Waals surface area contributed by atoms with Crippen LogP contribution in [-0.2, 0) is 12.2 Å². The maximum absolute atomic E-state index is 12.7. The summed E-state index contributed by atoms with van der Waals surface area (Å²) in [5.41, 5.74) is 1.75. The number of halogens is 1. The molecule has 1 aromatic heterocycles. The number of thioether (sulfide) groups is 1. The highest BCUT2D eigenvalue weighted by molar-refractivity contribution is 9.10. The fraction of sp³-hybridized carbons (Fsp3) is 0.227. The fourth-order valence-electron chi connectivity index (χ4n) is 2.82. The summed E-state index contributed by atoms with van der Waals surface area (Å²) in [6.45, 7) is 0.525. The molecule has 0 radical (unpaired) electrons. The van der Waals surface area contributed by atoms with Gasteiger partial charge in [0.05, 0.1) is 19.8 Å². The first-order chi connectivity index (χ1) is 14.1. The number of carbonyl (C=O) groups excluding carboxylic acids is 1. The zero-order valence-electron chi connectivity index (χ0n) is 16.2. The minimum Gasteiger partial charge on any atom is -0.493 e. The van der Waals surface area contributed by atoms with Gasteiger partial charge in [0.2, 0.25) is 0 Å². The van der Waals surface area contributed by atoms with Crippen molar-refractivity contribution in [2.45, 2.75) is 17.1 Å². The van der Waals surface area contributed by atoms with Crippen molar-refractivity contribution < 1.29 is 14.3 Å². The second-order valence-corrected chi connectivity index (χ2v) is 9.07. The largest absolute Gasteiger partial charge is 0.493 e. The summed E-state index contributed by atoms with van der Waals surface area (Å²) in [7, 11) is 3.22. The standard InChI is InChI=1S/C22H22BrNO3S2/c1-26-19-12-15(18(23)13-20(19)27-2)9-10-24-22(25)17-7-3-4-8-21(17)29-14-16-6-5-11-28-16/h3-8,11-13H,9-10,14H2,1-2H3,(H,24,25). The van der Waals surface area contributed by atoms with E-state index in [0.717, 1.165) is 20.7 Å². The Morgan fingerprint density at radius 2 is 1.86 bits per heavy atom. The Balaban J connectivity index is 1.61. The van der Waals surface area contributed by atoms with Crippen molar-refractivity contribution in [3.63, 3.8) is 0 Å². The van der Waals surface area contributed by atoms with Crippen molar-refractivity contribution in [1.82, 2.24) is 5.32 Å². The van der Waals surface area contributed by atoms with Crippen molar-refractivity contribution in [2.24, 2.45) is 0 Å². The fourth-order valence-corrected chi connectivity index (χ4v) is 5.16. The number of thiophene rings is 1. The maximum atomic E-state index is 12.7. The normalized spacial score (nSPS) is 10.6. The van der Waals surface area contributed by atoms with Crippen LogP contribution in [0.1, 0.15) is 20.8 Å². The van der Waals surface area contributed by atoms with Crippen LogP contribution < -0.4 is 14.8 Å². The number of benzene rings is 2. The predicted molar refractivity (Wildman–Crippen MR) is 124 cm³/mol. The van der Waals surface area contributed by atoms with Gasteiger partial charge in [-0.15, -0.1) is 23.1 Å². The number of rotatable bonds is 9. The molecule has 1 N–H and O–H groups in total. The molecule has 3 rings (SSSR count). The van der Waals surface area contributed by atoms with Crippen LogP contribution in [0, 0.1) is 0 Å². The predicted octanol–water partition coefficient (Wildman–Crippen LogP) is 5.79. The molecule has 3 aromatic rings. The van der Waals surface area contributed by atoms with Gasteiger partial charge in [0.15, 0.2) is 11.5 Å². The first-order valence-electron chi connectivity index (χ1n) is 9.05. The van der Waals surface area contributed by atoms with Crippen LogP contribution in [0.3, 0.4) is 0 Å². The SMILES string of the molecule is COc1cc(Br)c(CCNC(=O)c2ccccc2SCc2cccs2)cc1OC. The summed E-state index contributed by atoms with van der Waals surface area (Å²) in [4.78, 5) is 15.0. The van der Waals surface area contributed by atoms with Crippen LogP contribution in [0.15, 0.2) is 63.3 Å². The molecule has 29 heavy (non-hydrogen) atoms. The second-order valence-electron chi connectivity index (χ2n) is 6.17. The van der Waals surface area contributed by atoms with Gasteiger partial charge >= 0.3 is 0 Å². The maximum Gasteiger partial charge on any atom is 0.252 e. The molecule has 0 bridgehead atoms. The average molecular weight is 492 g/mol. The van der Waals surface area contributed by atoms with Gasteiger partial charge in [-0.05, 0) is 47.7 Å². The van der Waals surface area contributed by atoms with Gasteiger partial charge < -0.3 is 14.8 Å². The van der Waals surface area contributed by atoms with Gasteiger partial charge in [-0.2, -0.15) is 0 Å². The van der Waals surface area contributed by atoms with Gasteiger partial charge in [-0.25, -0.2) is 0 Å². The van der Waals surface area contributed by atoms with E-state index < -0.39 is 0 Å². The summed E-state index contributed by atoms with van der Waals surface area (Å²) >= 11 is 6.98. The molecule has 0 unspecified atom stereocenters. The third-order valence-corrected chi connectivity index (χ3v) is 7.23. The third kappa shape index (κ3) is 5.78. The van der Waals surface area contributed by atoms with Crippen molar-refractivity contribution in [2.75, 3.05) is 20.8 Å². The minimum atomic E-state index is -0.0594. The van der Waals surface area contributed by atoms with Crippen molar-refractivity contribution in [3.05, 3.63) is 74.4 Å². The molecule has 0 atom stereocenters. The molecule has 2 aromatic carbocycles. The molecule has 0 aliphatic rings. The van der Waals surface area contributed by atoms with Gasteiger partial charge in [-0.3, -0.25) is 4.79 Å². The topological polar surface area (TPSA) is 47.6 Å². The molecule has 1 heterocycles. The number of carbonyl (C=O) groups is 1. The van der Waals surface area contributed by atoms with Crippen LogP contribution in [0.4, 0.5) is 0 Å². The van der Waals surface area contributed by atoms with Crippen LogP contribution in [-0.4, -0.2) is 26.7 Å². The van der Waals surface area contributed by atoms with Gasteiger partial charge in [0, 0.05) is 26.5 Å². The lowest BCUT2D eigenvalue weighted by atomic mass is 10.1. The van der Waals surface area contributed by atoms with E-state index in [1.54, 1.807) is 37.3 Å². The average Bonchev–Trinajstić information content (AvgIpc) is 3.26. The molecular formula is C22H22BrNO3S2. The van der Waals surface area contributed by atoms with Crippen molar-refractivity contribution >= 4 is 44.9 Å². The highest BCUT2D eigenvalue weighted by Gasteiger charge is 2.13. The van der Waals surface area contributed by atoms with Crippen molar-refractivity contribution in [3.8, 4) is 11.5 Å². The summed E-state index contributed by atoms with van der Waals surface area (Å²) in [6.07, 6.45) is 0.678. The first kappa shape index (κ1) is 21.7. The third-order valence-electron chi connectivity index (χ3n) is 4.31. The highest BCUT2D eigenvalue weighted by Crippen LogP contribution is 2.33. The lowest BCUT2D eigenvalue weighted by Gasteiger charge is -2.13. The van der Waals surface area contributed by atoms with E-state index in [0.29, 0.717) is 30.0 Å². The van der Waals surface area contributed by atoms with E-state index in [4.69, 9.17) is 9.47 Å². The van der Waals surface area contributed by atoms with Crippen LogP contribution in [0.25, 0.3) is 0 Å². The molecule has 0 saturated heterocycles. The Hall–Kier alpha value is -1.96. The molecule has 1 amide bonds. The monoisotopic (exact) mass is 491 g/mol. The molecule has 7 heteroatoms. The minimum absolute atomic E-state index is 0.0594. The molecule has 152 valence electrons.